The van der Waals surface area contributed by atoms with Gasteiger partial charge < -0.3 is 10.6 Å². The van der Waals surface area contributed by atoms with Crippen molar-refractivity contribution in [2.75, 3.05) is 17.2 Å². The summed E-state index contributed by atoms with van der Waals surface area (Å²) >= 11 is 0. The lowest BCUT2D eigenvalue weighted by atomic mass is 10.0. The zero-order chi connectivity index (χ0) is 13.8. The summed E-state index contributed by atoms with van der Waals surface area (Å²) in [6, 6.07) is 5.25. The number of benzene rings is 1. The van der Waals surface area contributed by atoms with Crippen LogP contribution in [0, 0.1) is 0 Å². The summed E-state index contributed by atoms with van der Waals surface area (Å²) in [6.45, 7) is 2.99. The molecule has 1 aliphatic heterocycles. The Morgan fingerprint density at radius 3 is 2.79 bits per heavy atom. The van der Waals surface area contributed by atoms with Crippen LogP contribution in [-0.2, 0) is 0 Å². The van der Waals surface area contributed by atoms with Crippen LogP contribution in [0.2, 0.25) is 0 Å². The van der Waals surface area contributed by atoms with Crippen molar-refractivity contribution in [3.63, 3.8) is 0 Å². The Kier molecular flexibility index (Phi) is 4.61. The van der Waals surface area contributed by atoms with E-state index < -0.39 is 6.43 Å². The maximum atomic E-state index is 13.2. The second-order valence-electron chi connectivity index (χ2n) is 5.22. The van der Waals surface area contributed by atoms with E-state index in [1.807, 2.05) is 0 Å². The van der Waals surface area contributed by atoms with E-state index in [2.05, 4.69) is 11.8 Å². The number of hydrogen-bond donors (Lipinski definition) is 1. The molecular formula is C15H22F2N2. The van der Waals surface area contributed by atoms with Crippen LogP contribution in [0.1, 0.15) is 51.0 Å². The van der Waals surface area contributed by atoms with E-state index in [1.165, 1.54) is 18.9 Å². The number of hydrogen-bond acceptors (Lipinski definition) is 2. The van der Waals surface area contributed by atoms with E-state index in [4.69, 9.17) is 5.73 Å². The molecule has 0 amide bonds. The molecule has 0 saturated carbocycles. The molecule has 1 aliphatic rings. The molecule has 106 valence electrons. The number of anilines is 2. The van der Waals surface area contributed by atoms with Gasteiger partial charge in [0.1, 0.15) is 0 Å². The van der Waals surface area contributed by atoms with Crippen LogP contribution in [0.4, 0.5) is 20.2 Å². The van der Waals surface area contributed by atoms with Gasteiger partial charge in [-0.1, -0.05) is 19.8 Å². The molecule has 1 aromatic carbocycles. The van der Waals surface area contributed by atoms with Gasteiger partial charge in [-0.2, -0.15) is 0 Å². The smallest absolute Gasteiger partial charge is 0.265 e. The van der Waals surface area contributed by atoms with Gasteiger partial charge in [0.05, 0.1) is 0 Å². The first kappa shape index (κ1) is 14.1. The predicted octanol–water partition coefficient (Wildman–Crippen LogP) is 4.37. The van der Waals surface area contributed by atoms with Crippen molar-refractivity contribution in [1.29, 1.82) is 0 Å². The number of halogens is 2. The zero-order valence-electron chi connectivity index (χ0n) is 11.4. The summed E-state index contributed by atoms with van der Waals surface area (Å²) < 4.78 is 26.4. The molecule has 0 aliphatic carbocycles. The summed E-state index contributed by atoms with van der Waals surface area (Å²) in [7, 11) is 0. The van der Waals surface area contributed by atoms with Crippen molar-refractivity contribution in [2.24, 2.45) is 0 Å². The van der Waals surface area contributed by atoms with E-state index in [1.54, 1.807) is 12.1 Å². The van der Waals surface area contributed by atoms with E-state index in [0.717, 1.165) is 25.8 Å². The molecule has 2 N–H and O–H groups in total. The summed E-state index contributed by atoms with van der Waals surface area (Å²) in [5, 5.41) is 0. The van der Waals surface area contributed by atoms with Gasteiger partial charge in [-0.15, -0.1) is 0 Å². The van der Waals surface area contributed by atoms with Gasteiger partial charge in [0, 0.05) is 29.5 Å². The lowest BCUT2D eigenvalue weighted by molar-refractivity contribution is 0.151. The average Bonchev–Trinajstić information content (AvgIpc) is 2.63. The number of nitrogens with two attached hydrogens (primary N) is 1. The topological polar surface area (TPSA) is 29.3 Å². The highest BCUT2D eigenvalue weighted by Crippen LogP contribution is 2.35. The Bertz CT molecular complexity index is 421. The third-order valence-electron chi connectivity index (χ3n) is 3.94. The quantitative estimate of drug-likeness (QED) is 0.825. The molecule has 1 atom stereocenters. The zero-order valence-corrected chi connectivity index (χ0v) is 11.4. The standard InChI is InChI=1S/C15H22F2N2/c1-2-12-6-4-3-5-9-19(12)14-8-7-11(18)10-13(14)15(16)17/h7-8,10,12,15H,2-6,9,18H2,1H3. The minimum absolute atomic E-state index is 0.0698. The van der Waals surface area contributed by atoms with Gasteiger partial charge in [-0.05, 0) is 37.5 Å². The molecule has 4 heteroatoms. The average molecular weight is 268 g/mol. The van der Waals surface area contributed by atoms with E-state index in [0.29, 0.717) is 17.4 Å². The monoisotopic (exact) mass is 268 g/mol. The van der Waals surface area contributed by atoms with Gasteiger partial charge in [0.15, 0.2) is 0 Å². The first-order valence-corrected chi connectivity index (χ1v) is 7.07. The molecule has 2 rings (SSSR count). The summed E-state index contributed by atoms with van der Waals surface area (Å²) in [5.74, 6) is 0. The molecule has 1 fully saturated rings. The molecule has 1 saturated heterocycles. The van der Waals surface area contributed by atoms with Crippen molar-refractivity contribution >= 4 is 11.4 Å². The Balaban J connectivity index is 2.37. The van der Waals surface area contributed by atoms with Crippen LogP contribution in [0.5, 0.6) is 0 Å². The molecule has 1 unspecified atom stereocenters. The fourth-order valence-corrected chi connectivity index (χ4v) is 2.93. The number of alkyl halides is 2. The second-order valence-corrected chi connectivity index (χ2v) is 5.22. The molecule has 0 spiro atoms. The maximum absolute atomic E-state index is 13.2. The lowest BCUT2D eigenvalue weighted by Crippen LogP contribution is -2.35. The minimum Gasteiger partial charge on any atom is -0.399 e. The molecule has 1 aromatic rings. The highest BCUT2D eigenvalue weighted by Gasteiger charge is 2.24. The Labute approximate surface area is 113 Å². The molecule has 0 radical (unpaired) electrons. The van der Waals surface area contributed by atoms with E-state index in [9.17, 15) is 8.78 Å². The van der Waals surface area contributed by atoms with Crippen LogP contribution in [0.25, 0.3) is 0 Å². The molecular weight excluding hydrogens is 246 g/mol. The van der Waals surface area contributed by atoms with Gasteiger partial charge in [-0.3, -0.25) is 0 Å². The Hall–Kier alpha value is -1.32. The Morgan fingerprint density at radius 2 is 2.11 bits per heavy atom. The van der Waals surface area contributed by atoms with Crippen molar-refractivity contribution in [3.05, 3.63) is 23.8 Å². The van der Waals surface area contributed by atoms with Gasteiger partial charge in [0.2, 0.25) is 0 Å². The van der Waals surface area contributed by atoms with Gasteiger partial charge >= 0.3 is 0 Å². The first-order valence-electron chi connectivity index (χ1n) is 7.07. The third kappa shape index (κ3) is 3.17. The first-order chi connectivity index (χ1) is 9.13. The highest BCUT2D eigenvalue weighted by atomic mass is 19.3. The molecule has 2 nitrogen and oxygen atoms in total. The highest BCUT2D eigenvalue weighted by molar-refractivity contribution is 5.60. The molecule has 19 heavy (non-hydrogen) atoms. The number of rotatable bonds is 3. The fraction of sp³-hybridized carbons (Fsp3) is 0.600. The minimum atomic E-state index is -2.47. The van der Waals surface area contributed by atoms with Crippen LogP contribution in [0.3, 0.4) is 0 Å². The van der Waals surface area contributed by atoms with Gasteiger partial charge in [-0.25, -0.2) is 8.78 Å². The SMILES string of the molecule is CCC1CCCCCN1c1ccc(N)cc1C(F)F. The Morgan fingerprint density at radius 1 is 1.32 bits per heavy atom. The van der Waals surface area contributed by atoms with Crippen molar-refractivity contribution in [3.8, 4) is 0 Å². The molecule has 1 heterocycles. The number of nitrogen functional groups attached to an aromatic ring is 1. The van der Waals surface area contributed by atoms with E-state index in [-0.39, 0.29) is 5.56 Å². The fourth-order valence-electron chi connectivity index (χ4n) is 2.93. The molecule has 0 bridgehead atoms. The van der Waals surface area contributed by atoms with Crippen LogP contribution in [0.15, 0.2) is 18.2 Å². The van der Waals surface area contributed by atoms with Crippen LogP contribution < -0.4 is 10.6 Å². The van der Waals surface area contributed by atoms with E-state index >= 15 is 0 Å². The largest absolute Gasteiger partial charge is 0.399 e. The van der Waals surface area contributed by atoms with Crippen LogP contribution >= 0.6 is 0 Å². The summed E-state index contributed by atoms with van der Waals surface area (Å²) in [4.78, 5) is 2.16. The molecule has 0 aromatic heterocycles. The normalized spacial score (nSPS) is 20.6. The van der Waals surface area contributed by atoms with Crippen molar-refractivity contribution in [1.82, 2.24) is 0 Å². The van der Waals surface area contributed by atoms with Crippen molar-refractivity contribution < 1.29 is 8.78 Å². The summed E-state index contributed by atoms with van der Waals surface area (Å²) in [5.41, 5.74) is 6.78. The predicted molar refractivity (Wildman–Crippen MR) is 75.7 cm³/mol. The van der Waals surface area contributed by atoms with Crippen LogP contribution in [-0.4, -0.2) is 12.6 Å². The third-order valence-corrected chi connectivity index (χ3v) is 3.94. The summed E-state index contributed by atoms with van der Waals surface area (Å²) in [6.07, 6.45) is 3.06. The second kappa shape index (κ2) is 6.22. The number of nitrogens with zero attached hydrogens (tertiary/aromatic N) is 1. The maximum Gasteiger partial charge on any atom is 0.265 e. The van der Waals surface area contributed by atoms with Crippen molar-refractivity contribution in [2.45, 2.75) is 51.5 Å². The lowest BCUT2D eigenvalue weighted by Gasteiger charge is -2.33. The van der Waals surface area contributed by atoms with Gasteiger partial charge in [0.25, 0.3) is 6.43 Å².